The van der Waals surface area contributed by atoms with Crippen LogP contribution in [0.2, 0.25) is 0 Å². The summed E-state index contributed by atoms with van der Waals surface area (Å²) in [7, 11) is 0. The highest BCUT2D eigenvalue weighted by Gasteiger charge is 2.26. The highest BCUT2D eigenvalue weighted by atomic mass is 15.4. The Morgan fingerprint density at radius 3 is 2.68 bits per heavy atom. The summed E-state index contributed by atoms with van der Waals surface area (Å²) in [6.07, 6.45) is 5.96. The lowest BCUT2D eigenvalue weighted by Crippen LogP contribution is -2.36. The summed E-state index contributed by atoms with van der Waals surface area (Å²) < 4.78 is 3.87. The van der Waals surface area contributed by atoms with Crippen molar-refractivity contribution in [3.05, 3.63) is 42.2 Å². The lowest BCUT2D eigenvalue weighted by molar-refractivity contribution is 0.470. The number of aromatic nitrogens is 7. The van der Waals surface area contributed by atoms with Gasteiger partial charge in [0.15, 0.2) is 11.6 Å². The van der Waals surface area contributed by atoms with Crippen LogP contribution < -0.4 is 4.90 Å². The van der Waals surface area contributed by atoms with Gasteiger partial charge in [0, 0.05) is 31.7 Å². The number of hydrogen-bond donors (Lipinski definition) is 0. The molecule has 0 N–H and O–H groups in total. The van der Waals surface area contributed by atoms with Crippen LogP contribution in [0.25, 0.3) is 5.82 Å². The van der Waals surface area contributed by atoms with E-state index in [1.165, 1.54) is 0 Å². The fourth-order valence-electron chi connectivity index (χ4n) is 3.37. The first-order valence-electron chi connectivity index (χ1n) is 8.73. The molecule has 1 unspecified atom stereocenters. The molecule has 1 saturated heterocycles. The molecule has 4 heterocycles. The van der Waals surface area contributed by atoms with Crippen molar-refractivity contribution >= 4 is 5.82 Å². The van der Waals surface area contributed by atoms with Crippen LogP contribution >= 0.6 is 0 Å². The monoisotopic (exact) mass is 338 g/mol. The third-order valence-corrected chi connectivity index (χ3v) is 4.69. The van der Waals surface area contributed by atoms with Crippen molar-refractivity contribution in [1.29, 1.82) is 0 Å². The SMILES string of the molecule is CCn1cnnc1C1CCCN(c2ccc(-n3ccc(C)n3)nn2)C1. The van der Waals surface area contributed by atoms with E-state index in [4.69, 9.17) is 0 Å². The standard InChI is InChI=1S/C17H22N8/c1-3-23-12-18-21-17(23)14-5-4-9-24(11-14)15-6-7-16(20-19-15)25-10-8-13(2)22-25/h6-8,10,12,14H,3-5,9,11H2,1-2H3. The highest BCUT2D eigenvalue weighted by Crippen LogP contribution is 2.28. The van der Waals surface area contributed by atoms with Crippen LogP contribution in [0.4, 0.5) is 5.82 Å². The van der Waals surface area contributed by atoms with Gasteiger partial charge in [0.25, 0.3) is 0 Å². The largest absolute Gasteiger partial charge is 0.354 e. The molecule has 1 aliphatic rings. The molecule has 8 heteroatoms. The second-order valence-corrected chi connectivity index (χ2v) is 6.41. The van der Waals surface area contributed by atoms with E-state index in [-0.39, 0.29) is 0 Å². The molecule has 3 aromatic rings. The summed E-state index contributed by atoms with van der Waals surface area (Å²) in [6.45, 7) is 6.87. The Bertz CT molecular complexity index is 834. The zero-order valence-corrected chi connectivity index (χ0v) is 14.6. The molecule has 0 saturated carbocycles. The van der Waals surface area contributed by atoms with Gasteiger partial charge >= 0.3 is 0 Å². The van der Waals surface area contributed by atoms with E-state index in [1.807, 2.05) is 37.6 Å². The molecule has 0 bridgehead atoms. The smallest absolute Gasteiger partial charge is 0.175 e. The van der Waals surface area contributed by atoms with Crippen LogP contribution in [0.5, 0.6) is 0 Å². The Balaban J connectivity index is 1.51. The van der Waals surface area contributed by atoms with Crippen LogP contribution in [0.1, 0.15) is 37.2 Å². The van der Waals surface area contributed by atoms with Crippen LogP contribution in [-0.2, 0) is 6.54 Å². The first-order chi connectivity index (χ1) is 12.2. The van der Waals surface area contributed by atoms with E-state index in [0.29, 0.717) is 5.92 Å². The van der Waals surface area contributed by atoms with Gasteiger partial charge in [-0.3, -0.25) is 0 Å². The third kappa shape index (κ3) is 3.11. The summed E-state index contributed by atoms with van der Waals surface area (Å²) in [5.41, 5.74) is 0.963. The number of anilines is 1. The van der Waals surface area contributed by atoms with Gasteiger partial charge in [-0.2, -0.15) is 5.10 Å². The van der Waals surface area contributed by atoms with Crippen molar-refractivity contribution in [2.75, 3.05) is 18.0 Å². The topological polar surface area (TPSA) is 77.5 Å². The van der Waals surface area contributed by atoms with Crippen molar-refractivity contribution in [2.24, 2.45) is 0 Å². The third-order valence-electron chi connectivity index (χ3n) is 4.69. The van der Waals surface area contributed by atoms with Gasteiger partial charge in [-0.15, -0.1) is 20.4 Å². The second-order valence-electron chi connectivity index (χ2n) is 6.41. The summed E-state index contributed by atoms with van der Waals surface area (Å²) in [6, 6.07) is 5.94. The molecule has 4 rings (SSSR count). The van der Waals surface area contributed by atoms with Gasteiger partial charge in [-0.05, 0) is 44.9 Å². The summed E-state index contributed by atoms with van der Waals surface area (Å²) in [5, 5.41) is 21.5. The van der Waals surface area contributed by atoms with E-state index in [1.54, 1.807) is 4.68 Å². The Kier molecular flexibility index (Phi) is 4.17. The van der Waals surface area contributed by atoms with E-state index >= 15 is 0 Å². The van der Waals surface area contributed by atoms with Crippen LogP contribution in [-0.4, -0.2) is 47.8 Å². The molecule has 1 atom stereocenters. The minimum atomic E-state index is 0.381. The van der Waals surface area contributed by atoms with Gasteiger partial charge < -0.3 is 9.47 Å². The van der Waals surface area contributed by atoms with Gasteiger partial charge in [-0.25, -0.2) is 4.68 Å². The fourth-order valence-corrected chi connectivity index (χ4v) is 3.37. The normalized spacial score (nSPS) is 17.8. The molecule has 0 aliphatic carbocycles. The van der Waals surface area contributed by atoms with Crippen LogP contribution in [0.3, 0.4) is 0 Å². The Morgan fingerprint density at radius 2 is 1.96 bits per heavy atom. The molecule has 1 fully saturated rings. The molecular weight excluding hydrogens is 316 g/mol. The van der Waals surface area contributed by atoms with Crippen molar-refractivity contribution < 1.29 is 0 Å². The quantitative estimate of drug-likeness (QED) is 0.724. The van der Waals surface area contributed by atoms with E-state index in [0.717, 1.165) is 55.6 Å². The summed E-state index contributed by atoms with van der Waals surface area (Å²) >= 11 is 0. The van der Waals surface area contributed by atoms with Gasteiger partial charge in [-0.1, -0.05) is 0 Å². The maximum atomic E-state index is 4.42. The van der Waals surface area contributed by atoms with Crippen molar-refractivity contribution in [3.8, 4) is 5.82 Å². The van der Waals surface area contributed by atoms with E-state index in [2.05, 4.69) is 41.9 Å². The second kappa shape index (κ2) is 6.62. The molecule has 0 radical (unpaired) electrons. The fraction of sp³-hybridized carbons (Fsp3) is 0.471. The summed E-state index contributed by atoms with van der Waals surface area (Å²) in [4.78, 5) is 2.29. The predicted molar refractivity (Wildman–Crippen MR) is 93.8 cm³/mol. The molecule has 3 aromatic heterocycles. The van der Waals surface area contributed by atoms with Crippen LogP contribution in [0, 0.1) is 6.92 Å². The van der Waals surface area contributed by atoms with Gasteiger partial charge in [0.2, 0.25) is 0 Å². The Morgan fingerprint density at radius 1 is 1.12 bits per heavy atom. The van der Waals surface area contributed by atoms with Crippen molar-refractivity contribution in [1.82, 2.24) is 34.7 Å². The maximum absolute atomic E-state index is 4.42. The predicted octanol–water partition coefficient (Wildman–Crippen LogP) is 1.97. The van der Waals surface area contributed by atoms with Crippen molar-refractivity contribution in [2.45, 2.75) is 39.2 Å². The molecule has 130 valence electrons. The molecule has 0 aromatic carbocycles. The van der Waals surface area contributed by atoms with Gasteiger partial charge in [0.05, 0.1) is 5.69 Å². The lowest BCUT2D eigenvalue weighted by atomic mass is 9.97. The average Bonchev–Trinajstić information content (AvgIpc) is 3.31. The first-order valence-corrected chi connectivity index (χ1v) is 8.73. The van der Waals surface area contributed by atoms with E-state index in [9.17, 15) is 0 Å². The molecule has 25 heavy (non-hydrogen) atoms. The Labute approximate surface area is 146 Å². The minimum absolute atomic E-state index is 0.381. The molecule has 1 aliphatic heterocycles. The molecule has 0 amide bonds. The molecule has 0 spiro atoms. The maximum Gasteiger partial charge on any atom is 0.175 e. The molecule has 8 nitrogen and oxygen atoms in total. The van der Waals surface area contributed by atoms with Crippen LogP contribution in [0.15, 0.2) is 30.7 Å². The average molecular weight is 338 g/mol. The lowest BCUT2D eigenvalue weighted by Gasteiger charge is -2.32. The number of piperidine rings is 1. The zero-order valence-electron chi connectivity index (χ0n) is 14.6. The molecular formula is C17H22N8. The van der Waals surface area contributed by atoms with Gasteiger partial charge in [0.1, 0.15) is 12.2 Å². The minimum Gasteiger partial charge on any atom is -0.354 e. The van der Waals surface area contributed by atoms with Crippen molar-refractivity contribution in [3.63, 3.8) is 0 Å². The Hall–Kier alpha value is -2.77. The zero-order chi connectivity index (χ0) is 17.2. The first kappa shape index (κ1) is 15.7. The number of rotatable bonds is 4. The number of nitrogens with zero attached hydrogens (tertiary/aromatic N) is 8. The summed E-state index contributed by atoms with van der Waals surface area (Å²) in [5.74, 6) is 3.09. The highest BCUT2D eigenvalue weighted by molar-refractivity contribution is 5.40. The number of hydrogen-bond acceptors (Lipinski definition) is 6. The van der Waals surface area contributed by atoms with E-state index < -0.39 is 0 Å². The number of aryl methyl sites for hydroxylation is 2.